The van der Waals surface area contributed by atoms with Crippen molar-refractivity contribution >= 4 is 17.7 Å². The summed E-state index contributed by atoms with van der Waals surface area (Å²) in [6.07, 6.45) is 21.3. The van der Waals surface area contributed by atoms with Crippen LogP contribution in [0.3, 0.4) is 0 Å². The second-order valence-electron chi connectivity index (χ2n) is 17.8. The van der Waals surface area contributed by atoms with Crippen LogP contribution in [0.15, 0.2) is 11.1 Å². The molecule has 7 aliphatic rings. The molecule has 4 unspecified atom stereocenters. The zero-order valence-electron chi connectivity index (χ0n) is 32.8. The first-order chi connectivity index (χ1) is 25.9. The highest BCUT2D eigenvalue weighted by Gasteiger charge is 2.48. The predicted octanol–water partition coefficient (Wildman–Crippen LogP) is 5.47. The highest BCUT2D eigenvalue weighted by Crippen LogP contribution is 2.46. The molecule has 0 aromatic carbocycles. The van der Waals surface area contributed by atoms with Crippen molar-refractivity contribution in [2.24, 2.45) is 29.6 Å². The quantitative estimate of drug-likeness (QED) is 0.189. The van der Waals surface area contributed by atoms with Crippen LogP contribution < -0.4 is 5.32 Å². The second kappa shape index (κ2) is 18.9. The molecule has 298 valence electrons. The first-order valence-corrected chi connectivity index (χ1v) is 22.1. The van der Waals surface area contributed by atoms with Crippen LogP contribution in [-0.2, 0) is 23.9 Å². The van der Waals surface area contributed by atoms with Gasteiger partial charge >= 0.3 is 0 Å². The molecule has 0 aromatic heterocycles. The smallest absolute Gasteiger partial charge is 0.249 e. The predicted molar refractivity (Wildman–Crippen MR) is 205 cm³/mol. The van der Waals surface area contributed by atoms with Gasteiger partial charge in [0.1, 0.15) is 6.04 Å². The fourth-order valence-corrected chi connectivity index (χ4v) is 11.6. The highest BCUT2D eigenvalue weighted by atomic mass is 16.5. The third-order valence-electron chi connectivity index (χ3n) is 14.6. The minimum Gasteiger partial charge on any atom is -0.393 e. The van der Waals surface area contributed by atoms with E-state index in [4.69, 9.17) is 9.47 Å². The molecule has 2 N–H and O–H groups in total. The van der Waals surface area contributed by atoms with Gasteiger partial charge in [-0.3, -0.25) is 29.5 Å². The van der Waals surface area contributed by atoms with Gasteiger partial charge < -0.3 is 19.5 Å². The summed E-state index contributed by atoms with van der Waals surface area (Å²) in [6, 6.07) is -0.500. The van der Waals surface area contributed by atoms with Crippen LogP contribution in [0.2, 0.25) is 0 Å². The van der Waals surface area contributed by atoms with Gasteiger partial charge in [-0.15, -0.1) is 0 Å². The van der Waals surface area contributed by atoms with E-state index < -0.39 is 6.04 Å². The number of fused-ring (bicyclic) bond motifs is 1. The zero-order chi connectivity index (χ0) is 36.7. The fourth-order valence-electron chi connectivity index (χ4n) is 11.6. The van der Waals surface area contributed by atoms with Gasteiger partial charge in [0.25, 0.3) is 0 Å². The minimum atomic E-state index is -0.500. The number of aliphatic hydroxyl groups is 1. The molecule has 0 bridgehead atoms. The Labute approximate surface area is 319 Å². The average Bonchev–Trinajstić information content (AvgIpc) is 3.50. The van der Waals surface area contributed by atoms with Gasteiger partial charge in [-0.1, -0.05) is 37.3 Å². The lowest BCUT2D eigenvalue weighted by molar-refractivity contribution is -0.145. The van der Waals surface area contributed by atoms with Crippen molar-refractivity contribution in [3.63, 3.8) is 0 Å². The molecular weight excluding hydrogens is 668 g/mol. The Morgan fingerprint density at radius 2 is 1.32 bits per heavy atom. The van der Waals surface area contributed by atoms with Gasteiger partial charge in [0.2, 0.25) is 17.7 Å². The summed E-state index contributed by atoms with van der Waals surface area (Å²) in [7, 11) is 0. The summed E-state index contributed by atoms with van der Waals surface area (Å²) in [6.45, 7) is 10.8. The number of piperazine rings is 1. The van der Waals surface area contributed by atoms with Crippen LogP contribution in [0.25, 0.3) is 0 Å². The third-order valence-corrected chi connectivity index (χ3v) is 14.6. The number of hydrogen-bond acceptors (Lipinski definition) is 8. The summed E-state index contributed by atoms with van der Waals surface area (Å²) in [4.78, 5) is 44.0. The van der Waals surface area contributed by atoms with Gasteiger partial charge in [-0.05, 0) is 120 Å². The largest absolute Gasteiger partial charge is 0.393 e. The van der Waals surface area contributed by atoms with Crippen LogP contribution in [0.5, 0.6) is 0 Å². The molecule has 4 saturated carbocycles. The summed E-state index contributed by atoms with van der Waals surface area (Å²) in [5.74, 6) is 1.99. The Kier molecular flexibility index (Phi) is 14.0. The van der Waals surface area contributed by atoms with Gasteiger partial charge in [0, 0.05) is 58.2 Å². The zero-order valence-corrected chi connectivity index (χ0v) is 32.8. The number of likely N-dealkylation sites (tertiary alicyclic amines) is 1. The Balaban J connectivity index is 0.778. The van der Waals surface area contributed by atoms with Gasteiger partial charge in [-0.2, -0.15) is 0 Å². The Morgan fingerprint density at radius 1 is 0.717 bits per heavy atom. The number of nitrogens with one attached hydrogen (secondary N) is 1. The van der Waals surface area contributed by atoms with Crippen molar-refractivity contribution in [2.45, 2.75) is 153 Å². The van der Waals surface area contributed by atoms with Crippen molar-refractivity contribution in [3.05, 3.63) is 11.1 Å². The van der Waals surface area contributed by atoms with Crippen molar-refractivity contribution in [3.8, 4) is 0 Å². The first kappa shape index (κ1) is 39.4. The van der Waals surface area contributed by atoms with E-state index in [1.165, 1.54) is 77.0 Å². The van der Waals surface area contributed by atoms with Crippen LogP contribution in [0.1, 0.15) is 129 Å². The maximum absolute atomic E-state index is 13.1. The Bertz CT molecular complexity index is 1260. The molecule has 3 amide bonds. The van der Waals surface area contributed by atoms with E-state index >= 15 is 0 Å². The molecular formula is C43H70N4O6. The Morgan fingerprint density at radius 3 is 1.94 bits per heavy atom. The average molecular weight is 739 g/mol. The highest BCUT2D eigenvalue weighted by molar-refractivity contribution is 6.02. The normalized spacial score (nSPS) is 36.0. The van der Waals surface area contributed by atoms with E-state index in [0.717, 1.165) is 96.4 Å². The lowest BCUT2D eigenvalue weighted by atomic mass is 9.68. The first-order valence-electron chi connectivity index (χ1n) is 22.1. The minimum absolute atomic E-state index is 0.00911. The maximum atomic E-state index is 13.1. The molecule has 0 radical (unpaired) electrons. The van der Waals surface area contributed by atoms with Crippen molar-refractivity contribution in [1.29, 1.82) is 0 Å². The number of ether oxygens (including phenoxy) is 2. The number of carbonyl (C=O) groups excluding carboxylic acids is 3. The van der Waals surface area contributed by atoms with Crippen molar-refractivity contribution < 1.29 is 29.0 Å². The number of carbonyl (C=O) groups is 3. The number of rotatable bonds is 13. The van der Waals surface area contributed by atoms with E-state index in [-0.39, 0.29) is 41.8 Å². The molecule has 4 aliphatic carbocycles. The van der Waals surface area contributed by atoms with Gasteiger partial charge in [-0.25, -0.2) is 0 Å². The number of allylic oxidation sites excluding steroid dienone is 2. The lowest BCUT2D eigenvalue weighted by Gasteiger charge is -2.40. The number of amides is 3. The second-order valence-corrected chi connectivity index (χ2v) is 17.8. The standard InChI is InChI=1S/C43H70N4O6/c1-2-37(30-6-4-3-5-7-30)41(31-8-12-34(48)13-9-31)32-10-14-35(15-11-32)52-26-24-45-20-22-46(23-21-45)25-27-53-36-16-17-38-33(28-36)29-47(43(38)51)39-18-19-40(49)44-42(39)50/h30-36,38-39,48H,2-29H2,1H3,(H,44,49,50)/b41-37-. The summed E-state index contributed by atoms with van der Waals surface area (Å²) < 4.78 is 12.9. The molecule has 10 nitrogen and oxygen atoms in total. The number of hydrogen-bond donors (Lipinski definition) is 2. The Hall–Kier alpha value is -1.85. The summed E-state index contributed by atoms with van der Waals surface area (Å²) in [5.41, 5.74) is 3.68. The van der Waals surface area contributed by atoms with E-state index in [0.29, 0.717) is 31.4 Å². The number of imide groups is 1. The molecule has 0 spiro atoms. The lowest BCUT2D eigenvalue weighted by Crippen LogP contribution is -2.53. The maximum Gasteiger partial charge on any atom is 0.249 e. The van der Waals surface area contributed by atoms with Crippen molar-refractivity contribution in [2.75, 3.05) is 59.0 Å². The number of piperidine rings is 1. The number of nitrogens with zero attached hydrogens (tertiary/aromatic N) is 3. The number of aliphatic hydroxyl groups excluding tert-OH is 1. The van der Waals surface area contributed by atoms with E-state index in [1.807, 2.05) is 11.1 Å². The van der Waals surface area contributed by atoms with E-state index in [9.17, 15) is 19.5 Å². The van der Waals surface area contributed by atoms with Crippen molar-refractivity contribution in [1.82, 2.24) is 20.0 Å². The molecule has 3 aliphatic heterocycles. The van der Waals surface area contributed by atoms with Gasteiger partial charge in [0.05, 0.1) is 31.5 Å². The topological polar surface area (TPSA) is 112 Å². The molecule has 4 atom stereocenters. The third kappa shape index (κ3) is 9.94. The molecule has 53 heavy (non-hydrogen) atoms. The molecule has 7 rings (SSSR count). The molecule has 3 saturated heterocycles. The van der Waals surface area contributed by atoms with Crippen LogP contribution in [0.4, 0.5) is 0 Å². The molecule has 0 aromatic rings. The van der Waals surface area contributed by atoms with Gasteiger partial charge in [0.15, 0.2) is 0 Å². The van der Waals surface area contributed by atoms with Crippen LogP contribution in [-0.4, -0.2) is 121 Å². The monoisotopic (exact) mass is 739 g/mol. The molecule has 3 heterocycles. The molecule has 10 heteroatoms. The molecule has 7 fully saturated rings. The van der Waals surface area contributed by atoms with Crippen LogP contribution in [0, 0.1) is 29.6 Å². The SMILES string of the molecule is CC/C(=C(\C1CCC(O)CC1)C1CCC(OCCN2CCN(CCOC3CCC4C(=O)N(C5CCC(=O)NC5=O)CC4C3)CC2)CC1)C1CCCCC1. The van der Waals surface area contributed by atoms with E-state index in [1.54, 1.807) is 4.90 Å². The summed E-state index contributed by atoms with van der Waals surface area (Å²) >= 11 is 0. The van der Waals surface area contributed by atoms with E-state index in [2.05, 4.69) is 22.0 Å². The summed E-state index contributed by atoms with van der Waals surface area (Å²) in [5, 5.41) is 12.7. The van der Waals surface area contributed by atoms with Crippen LogP contribution >= 0.6 is 0 Å². The fraction of sp³-hybridized carbons (Fsp3) is 0.884.